The molecule has 0 aliphatic rings. The zero-order valence-electron chi connectivity index (χ0n) is 16.0. The molecule has 1 rings (SSSR count). The van der Waals surface area contributed by atoms with Crippen LogP contribution in [0.2, 0.25) is 0 Å². The number of phenols is 1. The lowest BCUT2D eigenvalue weighted by atomic mass is 9.78. The third-order valence-electron chi connectivity index (χ3n) is 4.29. The number of hydrogen-bond acceptors (Lipinski definition) is 2. The van der Waals surface area contributed by atoms with Gasteiger partial charge in [0.05, 0.1) is 0 Å². The Morgan fingerprint density at radius 2 is 1.43 bits per heavy atom. The van der Waals surface area contributed by atoms with Gasteiger partial charge < -0.3 is 5.11 Å². The summed E-state index contributed by atoms with van der Waals surface area (Å²) in [5.41, 5.74) is 2.86. The first-order chi connectivity index (χ1) is 10.5. The van der Waals surface area contributed by atoms with Gasteiger partial charge in [0.2, 0.25) is 0 Å². The second-order valence-electron chi connectivity index (χ2n) is 8.68. The summed E-state index contributed by atoms with van der Waals surface area (Å²) in [5.74, 6) is 0.751. The number of carbonyl (C=O) groups excluding carboxylic acids is 1. The maximum atomic E-state index is 12.0. The standard InChI is InChI=1S/C21H34O2/c1-8-9-10-16(22)12-11-15-13-17(20(2,3)4)19(23)18(14-15)21(5,6)7/h13-14,23H,8-12H2,1-7H3. The lowest BCUT2D eigenvalue weighted by Crippen LogP contribution is -2.18. The third-order valence-corrected chi connectivity index (χ3v) is 4.29. The van der Waals surface area contributed by atoms with E-state index in [0.29, 0.717) is 24.4 Å². The molecule has 0 radical (unpaired) electrons. The van der Waals surface area contributed by atoms with Crippen LogP contribution >= 0.6 is 0 Å². The number of rotatable bonds is 6. The van der Waals surface area contributed by atoms with Gasteiger partial charge in [0.1, 0.15) is 11.5 Å². The maximum Gasteiger partial charge on any atom is 0.133 e. The highest BCUT2D eigenvalue weighted by Crippen LogP contribution is 2.39. The SMILES string of the molecule is CCCCC(=O)CCc1cc(C(C)(C)C)c(O)c(C(C)(C)C)c1. The van der Waals surface area contributed by atoms with Gasteiger partial charge >= 0.3 is 0 Å². The minimum absolute atomic E-state index is 0.119. The molecule has 2 heteroatoms. The van der Waals surface area contributed by atoms with E-state index in [1.165, 1.54) is 0 Å². The van der Waals surface area contributed by atoms with Crippen molar-refractivity contribution in [3.8, 4) is 5.75 Å². The predicted molar refractivity (Wildman–Crippen MR) is 98.4 cm³/mol. The summed E-state index contributed by atoms with van der Waals surface area (Å²) < 4.78 is 0. The van der Waals surface area contributed by atoms with Crippen molar-refractivity contribution in [1.82, 2.24) is 0 Å². The zero-order chi connectivity index (χ0) is 17.8. The van der Waals surface area contributed by atoms with Crippen molar-refractivity contribution < 1.29 is 9.90 Å². The molecule has 130 valence electrons. The fourth-order valence-corrected chi connectivity index (χ4v) is 2.76. The molecule has 0 aromatic heterocycles. The summed E-state index contributed by atoms with van der Waals surface area (Å²) in [7, 11) is 0. The van der Waals surface area contributed by atoms with Gasteiger partial charge in [0.25, 0.3) is 0 Å². The van der Waals surface area contributed by atoms with Crippen LogP contribution in [0.1, 0.15) is 90.8 Å². The average molecular weight is 319 g/mol. The Kier molecular flexibility index (Phi) is 6.44. The van der Waals surface area contributed by atoms with Crippen molar-refractivity contribution in [3.63, 3.8) is 0 Å². The molecule has 0 aliphatic heterocycles. The van der Waals surface area contributed by atoms with Crippen molar-refractivity contribution in [1.29, 1.82) is 0 Å². The molecule has 0 aliphatic carbocycles. The van der Waals surface area contributed by atoms with Crippen LogP contribution in [0.25, 0.3) is 0 Å². The van der Waals surface area contributed by atoms with Crippen molar-refractivity contribution in [3.05, 3.63) is 28.8 Å². The average Bonchev–Trinajstić information content (AvgIpc) is 2.41. The van der Waals surface area contributed by atoms with Crippen LogP contribution in [0, 0.1) is 0 Å². The molecule has 23 heavy (non-hydrogen) atoms. The number of ketones is 1. The molecule has 2 nitrogen and oxygen atoms in total. The van der Waals surface area contributed by atoms with Crippen LogP contribution in [0.15, 0.2) is 12.1 Å². The fraction of sp³-hybridized carbons (Fsp3) is 0.667. The van der Waals surface area contributed by atoms with Gasteiger partial charge in [0, 0.05) is 12.8 Å². The summed E-state index contributed by atoms with van der Waals surface area (Å²) in [4.78, 5) is 12.0. The smallest absolute Gasteiger partial charge is 0.133 e. The van der Waals surface area contributed by atoms with E-state index >= 15 is 0 Å². The highest BCUT2D eigenvalue weighted by molar-refractivity contribution is 5.78. The molecule has 1 aromatic rings. The molecule has 1 aromatic carbocycles. The fourth-order valence-electron chi connectivity index (χ4n) is 2.76. The second kappa shape index (κ2) is 7.51. The summed E-state index contributed by atoms with van der Waals surface area (Å²) in [6.07, 6.45) is 4.09. The first-order valence-electron chi connectivity index (χ1n) is 8.85. The van der Waals surface area contributed by atoms with E-state index in [1.54, 1.807) is 0 Å². The Labute approximate surface area is 142 Å². The summed E-state index contributed by atoms with van der Waals surface area (Å²) in [5, 5.41) is 10.7. The lowest BCUT2D eigenvalue weighted by molar-refractivity contribution is -0.119. The van der Waals surface area contributed by atoms with Crippen LogP contribution in [-0.4, -0.2) is 10.9 Å². The molecular formula is C21H34O2. The van der Waals surface area contributed by atoms with Crippen LogP contribution in [0.4, 0.5) is 0 Å². The van der Waals surface area contributed by atoms with E-state index in [0.717, 1.165) is 36.0 Å². The summed E-state index contributed by atoms with van der Waals surface area (Å²) >= 11 is 0. The summed E-state index contributed by atoms with van der Waals surface area (Å²) in [6.45, 7) is 14.8. The quantitative estimate of drug-likeness (QED) is 0.732. The first-order valence-corrected chi connectivity index (χ1v) is 8.85. The number of aromatic hydroxyl groups is 1. The number of hydrogen-bond donors (Lipinski definition) is 1. The van der Waals surface area contributed by atoms with Gasteiger partial charge in [-0.05, 0) is 40.4 Å². The van der Waals surface area contributed by atoms with Gasteiger partial charge in [-0.1, -0.05) is 67.0 Å². The number of Topliss-reactive ketones (excluding diaryl/α,β-unsaturated/α-hetero) is 1. The van der Waals surface area contributed by atoms with Crippen molar-refractivity contribution >= 4 is 5.78 Å². The number of aryl methyl sites for hydroxylation is 1. The molecule has 0 atom stereocenters. The van der Waals surface area contributed by atoms with Gasteiger partial charge in [-0.3, -0.25) is 4.79 Å². The largest absolute Gasteiger partial charge is 0.507 e. The molecule has 0 amide bonds. The van der Waals surface area contributed by atoms with Crippen molar-refractivity contribution in [2.24, 2.45) is 0 Å². The second-order valence-corrected chi connectivity index (χ2v) is 8.68. The molecule has 0 fully saturated rings. The molecule has 1 N–H and O–H groups in total. The van der Waals surface area contributed by atoms with Gasteiger partial charge in [-0.15, -0.1) is 0 Å². The lowest BCUT2D eigenvalue weighted by Gasteiger charge is -2.28. The van der Waals surface area contributed by atoms with Gasteiger partial charge in [-0.25, -0.2) is 0 Å². The van der Waals surface area contributed by atoms with E-state index in [-0.39, 0.29) is 10.8 Å². The Bertz CT molecular complexity index is 507. The van der Waals surface area contributed by atoms with E-state index in [9.17, 15) is 9.90 Å². The highest BCUT2D eigenvalue weighted by Gasteiger charge is 2.26. The van der Waals surface area contributed by atoms with E-state index in [1.807, 2.05) is 0 Å². The van der Waals surface area contributed by atoms with Crippen molar-refractivity contribution in [2.45, 2.75) is 91.4 Å². The molecule has 0 heterocycles. The van der Waals surface area contributed by atoms with E-state index in [2.05, 4.69) is 60.6 Å². The van der Waals surface area contributed by atoms with E-state index in [4.69, 9.17) is 0 Å². The Morgan fingerprint density at radius 3 is 1.83 bits per heavy atom. The minimum atomic E-state index is -0.119. The highest BCUT2D eigenvalue weighted by atomic mass is 16.3. The predicted octanol–water partition coefficient (Wildman–Crippen LogP) is 5.68. The Balaban J connectivity index is 3.11. The van der Waals surface area contributed by atoms with Crippen molar-refractivity contribution in [2.75, 3.05) is 0 Å². The Morgan fingerprint density at radius 1 is 0.957 bits per heavy atom. The van der Waals surface area contributed by atoms with Crippen LogP contribution < -0.4 is 0 Å². The minimum Gasteiger partial charge on any atom is -0.507 e. The number of benzene rings is 1. The summed E-state index contributed by atoms with van der Waals surface area (Å²) in [6, 6.07) is 4.16. The molecule has 0 unspecified atom stereocenters. The first kappa shape index (κ1) is 19.7. The normalized spacial score (nSPS) is 12.5. The van der Waals surface area contributed by atoms with Crippen LogP contribution in [0.3, 0.4) is 0 Å². The topological polar surface area (TPSA) is 37.3 Å². The molecule has 0 spiro atoms. The zero-order valence-corrected chi connectivity index (χ0v) is 16.0. The maximum absolute atomic E-state index is 12.0. The number of carbonyl (C=O) groups is 1. The Hall–Kier alpha value is -1.31. The molecule has 0 bridgehead atoms. The monoisotopic (exact) mass is 318 g/mol. The number of unbranched alkanes of at least 4 members (excludes halogenated alkanes) is 1. The molecular weight excluding hydrogens is 284 g/mol. The number of phenolic OH excluding ortho intramolecular Hbond substituents is 1. The van der Waals surface area contributed by atoms with Gasteiger partial charge in [-0.2, -0.15) is 0 Å². The third kappa shape index (κ3) is 5.67. The van der Waals surface area contributed by atoms with Crippen LogP contribution in [-0.2, 0) is 22.0 Å². The van der Waals surface area contributed by atoms with Crippen LogP contribution in [0.5, 0.6) is 5.75 Å². The molecule has 0 saturated heterocycles. The van der Waals surface area contributed by atoms with E-state index < -0.39 is 0 Å². The molecule has 0 saturated carbocycles. The van der Waals surface area contributed by atoms with Gasteiger partial charge in [0.15, 0.2) is 0 Å².